The number of carbonyl (C=O) groups is 10. The maximum absolute atomic E-state index is 14.9. The molecule has 3 aromatic rings. The van der Waals surface area contributed by atoms with Crippen molar-refractivity contribution in [3.05, 3.63) is 108 Å². The Morgan fingerprint density at radius 1 is 0.646 bits per heavy atom. The number of halogens is 3. The maximum atomic E-state index is 14.9. The molecular weight excluding hydrogens is 1110 g/mol. The SMILES string of the molecule is COC(=O)[C@@]1(O[C@H]2[C@@H](OC(=O)c3ccccc3)[C@@H](COC(=O)c3ccccc3)O[C@@H](OC(=N)C(Cl)(Cl)Cl)[C@@H]2OC(=O)c2ccccc2)C[C@H](OC(C)=O)[C@@H](NC(=O)COC(C)=O)[C@H]([C@H](OC(C)=O)[C@@H](COC(C)=O)OC(C)=O)O1. The summed E-state index contributed by atoms with van der Waals surface area (Å²) in [5, 5.41) is 11.1. The van der Waals surface area contributed by atoms with Crippen molar-refractivity contribution in [2.75, 3.05) is 26.9 Å². The van der Waals surface area contributed by atoms with Gasteiger partial charge >= 0.3 is 53.7 Å². The number of alkyl halides is 3. The molecule has 0 spiro atoms. The predicted octanol–water partition coefficient (Wildman–Crippen LogP) is 3.83. The van der Waals surface area contributed by atoms with Crippen molar-refractivity contribution >= 4 is 100 Å². The van der Waals surface area contributed by atoms with E-state index in [9.17, 15) is 47.9 Å². The van der Waals surface area contributed by atoms with Crippen LogP contribution in [0.5, 0.6) is 0 Å². The molecule has 0 radical (unpaired) electrons. The van der Waals surface area contributed by atoms with Crippen LogP contribution in [0.2, 0.25) is 0 Å². The number of ether oxygens (including phenoxy) is 13. The highest BCUT2D eigenvalue weighted by Crippen LogP contribution is 2.42. The lowest BCUT2D eigenvalue weighted by molar-refractivity contribution is -0.364. The van der Waals surface area contributed by atoms with Crippen molar-refractivity contribution in [1.82, 2.24) is 5.32 Å². The van der Waals surface area contributed by atoms with Crippen LogP contribution in [0.1, 0.15) is 72.1 Å². The van der Waals surface area contributed by atoms with Crippen LogP contribution in [-0.4, -0.2) is 163 Å². The molecule has 1 amide bonds. The Kier molecular flexibility index (Phi) is 22.5. The summed E-state index contributed by atoms with van der Waals surface area (Å²) in [5.74, 6) is -15.7. The molecule has 25 nitrogen and oxygen atoms in total. The molecule has 0 bridgehead atoms. The van der Waals surface area contributed by atoms with Gasteiger partial charge in [0.15, 0.2) is 31.0 Å². The van der Waals surface area contributed by atoms with E-state index in [1.165, 1.54) is 72.8 Å². The van der Waals surface area contributed by atoms with E-state index >= 15 is 0 Å². The van der Waals surface area contributed by atoms with Crippen LogP contribution in [0.25, 0.3) is 0 Å². The molecule has 2 heterocycles. The van der Waals surface area contributed by atoms with Gasteiger partial charge in [-0.2, -0.15) is 0 Å². The zero-order chi connectivity index (χ0) is 58.2. The average molecular weight is 1170 g/mol. The summed E-state index contributed by atoms with van der Waals surface area (Å²) >= 11 is 18.3. The first-order valence-corrected chi connectivity index (χ1v) is 24.7. The number of amides is 1. The Balaban J connectivity index is 1.85. The van der Waals surface area contributed by atoms with E-state index in [4.69, 9.17) is 102 Å². The number of esters is 9. The average Bonchev–Trinajstić information content (AvgIpc) is 3.51. The van der Waals surface area contributed by atoms with Gasteiger partial charge in [0.25, 0.3) is 15.5 Å². The largest absolute Gasteiger partial charge is 0.465 e. The van der Waals surface area contributed by atoms with Gasteiger partial charge in [-0.15, -0.1) is 0 Å². The summed E-state index contributed by atoms with van der Waals surface area (Å²) in [5.41, 5.74) is -0.256. The van der Waals surface area contributed by atoms with Gasteiger partial charge in [0.1, 0.15) is 37.6 Å². The summed E-state index contributed by atoms with van der Waals surface area (Å²) in [6.45, 7) is 1.84. The Morgan fingerprint density at radius 3 is 1.65 bits per heavy atom. The fourth-order valence-corrected chi connectivity index (χ4v) is 8.07. The molecule has 2 aliphatic heterocycles. The molecule has 79 heavy (non-hydrogen) atoms. The number of nitrogens with one attached hydrogen (secondary N) is 2. The van der Waals surface area contributed by atoms with Crippen LogP contribution in [0.4, 0.5) is 0 Å². The Morgan fingerprint density at radius 2 is 1.16 bits per heavy atom. The quantitative estimate of drug-likeness (QED) is 0.0503. The van der Waals surface area contributed by atoms with E-state index in [2.05, 4.69) is 5.32 Å². The molecule has 0 saturated carbocycles. The molecule has 11 atom stereocenters. The van der Waals surface area contributed by atoms with Crippen molar-refractivity contribution in [3.63, 3.8) is 0 Å². The topological polar surface area (TPSA) is 327 Å². The normalized spacial score (nSPS) is 23.3. The third kappa shape index (κ3) is 17.8. The van der Waals surface area contributed by atoms with Crippen LogP contribution in [0.15, 0.2) is 91.0 Å². The lowest BCUT2D eigenvalue weighted by Gasteiger charge is -2.51. The van der Waals surface area contributed by atoms with Gasteiger partial charge < -0.3 is 66.9 Å². The highest BCUT2D eigenvalue weighted by atomic mass is 35.6. The number of hydrogen-bond donors (Lipinski definition) is 2. The minimum Gasteiger partial charge on any atom is -0.465 e. The van der Waals surface area contributed by atoms with Crippen molar-refractivity contribution in [1.29, 1.82) is 5.41 Å². The number of rotatable bonds is 21. The third-order valence-corrected chi connectivity index (χ3v) is 11.7. The van der Waals surface area contributed by atoms with E-state index in [0.29, 0.717) is 0 Å². The van der Waals surface area contributed by atoms with Gasteiger partial charge in [0.2, 0.25) is 12.2 Å². The van der Waals surface area contributed by atoms with E-state index < -0.39 is 163 Å². The lowest BCUT2D eigenvalue weighted by Crippen LogP contribution is -2.72. The number of carbonyl (C=O) groups excluding carboxylic acids is 10. The molecule has 28 heteroatoms. The lowest BCUT2D eigenvalue weighted by atomic mass is 9.87. The van der Waals surface area contributed by atoms with Crippen LogP contribution in [0, 0.1) is 5.41 Å². The predicted molar refractivity (Wildman–Crippen MR) is 267 cm³/mol. The molecule has 5 rings (SSSR count). The second kappa shape index (κ2) is 28.5. The van der Waals surface area contributed by atoms with E-state index in [0.717, 1.165) is 41.7 Å². The zero-order valence-electron chi connectivity index (χ0n) is 42.8. The highest BCUT2D eigenvalue weighted by molar-refractivity contribution is 6.76. The Bertz CT molecular complexity index is 2700. The van der Waals surface area contributed by atoms with Gasteiger partial charge in [0.05, 0.1) is 36.3 Å². The third-order valence-electron chi connectivity index (χ3n) is 11.2. The van der Waals surface area contributed by atoms with E-state index in [1.54, 1.807) is 18.2 Å². The number of methoxy groups -OCH3 is 1. The van der Waals surface area contributed by atoms with Crippen LogP contribution in [-0.2, 0) is 95.1 Å². The monoisotopic (exact) mass is 1170 g/mol. The Labute approximate surface area is 465 Å². The minimum atomic E-state index is -3.23. The first kappa shape index (κ1) is 62.4. The number of benzene rings is 3. The maximum Gasteiger partial charge on any atom is 0.366 e. The molecule has 0 aromatic heterocycles. The van der Waals surface area contributed by atoms with E-state index in [-0.39, 0.29) is 16.7 Å². The standard InChI is InChI=1S/C51H53Cl3N2O23/c1-26(57)68-23-35(72-29(4)60)39(73-30(5)61)41-38(56-37(62)25-69-27(2)58)34(71-28(3)59)22-50(78-41,49(66)67-6)79-42-40(75-45(64)32-18-12-8-13-19-32)36(24-70-44(63)31-16-10-7-11-17-31)74-47(77-48(55)51(52,53)54)43(42)76-46(65)33-20-14-9-15-21-33/h7-21,34-36,38-43,47,55H,22-25H2,1-6H3,(H,56,62)/t34-,35+,36+,38+,39+,40-,41+,42-,43+,47-,50-/m0/s1. The molecule has 2 N–H and O–H groups in total. The summed E-state index contributed by atoms with van der Waals surface area (Å²) in [6.07, 6.45) is -20.2. The van der Waals surface area contributed by atoms with E-state index in [1.807, 2.05) is 0 Å². The van der Waals surface area contributed by atoms with Crippen LogP contribution >= 0.6 is 34.8 Å². The van der Waals surface area contributed by atoms with Gasteiger partial charge in [-0.3, -0.25) is 34.2 Å². The summed E-state index contributed by atoms with van der Waals surface area (Å²) in [6, 6.07) is 19.9. The highest BCUT2D eigenvalue weighted by Gasteiger charge is 2.64. The summed E-state index contributed by atoms with van der Waals surface area (Å²) in [7, 11) is 0.829. The smallest absolute Gasteiger partial charge is 0.366 e. The first-order valence-electron chi connectivity index (χ1n) is 23.6. The summed E-state index contributed by atoms with van der Waals surface area (Å²) < 4.78 is 72.7. The van der Waals surface area contributed by atoms with Gasteiger partial charge in [-0.25, -0.2) is 19.2 Å². The molecule has 0 unspecified atom stereocenters. The first-order chi connectivity index (χ1) is 37.3. The molecule has 2 aliphatic rings. The zero-order valence-corrected chi connectivity index (χ0v) is 45.1. The van der Waals surface area contributed by atoms with Gasteiger partial charge in [-0.05, 0) is 36.4 Å². The van der Waals surface area contributed by atoms with Crippen LogP contribution in [0.3, 0.4) is 0 Å². The van der Waals surface area contributed by atoms with Crippen LogP contribution < -0.4 is 5.32 Å². The van der Waals surface area contributed by atoms with Crippen molar-refractivity contribution in [3.8, 4) is 0 Å². The molecule has 2 saturated heterocycles. The minimum absolute atomic E-state index is 0.0183. The molecule has 426 valence electrons. The Hall–Kier alpha value is -7.42. The van der Waals surface area contributed by atoms with Crippen molar-refractivity contribution in [2.45, 2.75) is 112 Å². The fourth-order valence-electron chi connectivity index (χ4n) is 7.94. The molecular formula is C51H53Cl3N2O23. The summed E-state index contributed by atoms with van der Waals surface area (Å²) in [4.78, 5) is 134. The van der Waals surface area contributed by atoms with Gasteiger partial charge in [-0.1, -0.05) is 89.4 Å². The van der Waals surface area contributed by atoms with Gasteiger partial charge in [0, 0.05) is 34.6 Å². The van der Waals surface area contributed by atoms with Crippen molar-refractivity contribution < 1.29 is 110 Å². The molecule has 0 aliphatic carbocycles. The fraction of sp³-hybridized carbons (Fsp3) is 0.431. The van der Waals surface area contributed by atoms with Crippen molar-refractivity contribution in [2.24, 2.45) is 0 Å². The second-order valence-corrected chi connectivity index (χ2v) is 19.4. The molecule has 3 aromatic carbocycles. The molecule has 2 fully saturated rings. The second-order valence-electron chi connectivity index (χ2n) is 17.1. The number of hydrogen-bond acceptors (Lipinski definition) is 24.